The number of pyridine rings is 1. The van der Waals surface area contributed by atoms with Crippen molar-refractivity contribution in [1.29, 1.82) is 0 Å². The maximum absolute atomic E-state index is 12.3. The lowest BCUT2D eigenvalue weighted by Gasteiger charge is -2.30. The van der Waals surface area contributed by atoms with Crippen LogP contribution in [0.2, 0.25) is 0 Å². The van der Waals surface area contributed by atoms with E-state index in [0.717, 1.165) is 11.4 Å². The molecular formula is C15H25N3O2. The summed E-state index contributed by atoms with van der Waals surface area (Å²) < 4.78 is 0. The number of rotatable bonds is 5. The Labute approximate surface area is 121 Å². The van der Waals surface area contributed by atoms with Crippen LogP contribution in [0.15, 0.2) is 18.3 Å². The van der Waals surface area contributed by atoms with Crippen molar-refractivity contribution in [2.75, 3.05) is 25.0 Å². The van der Waals surface area contributed by atoms with Crippen molar-refractivity contribution in [1.82, 2.24) is 9.88 Å². The first kappa shape index (κ1) is 16.4. The van der Waals surface area contributed by atoms with E-state index in [1.807, 2.05) is 13.0 Å². The molecule has 5 heteroatoms. The van der Waals surface area contributed by atoms with E-state index in [0.29, 0.717) is 19.5 Å². The Morgan fingerprint density at radius 3 is 2.70 bits per heavy atom. The van der Waals surface area contributed by atoms with E-state index in [1.165, 1.54) is 0 Å². The van der Waals surface area contributed by atoms with E-state index in [2.05, 4.69) is 31.1 Å². The fourth-order valence-corrected chi connectivity index (χ4v) is 1.91. The molecule has 0 atom stereocenters. The van der Waals surface area contributed by atoms with Crippen LogP contribution in [0.3, 0.4) is 0 Å². The van der Waals surface area contributed by atoms with Gasteiger partial charge in [0.2, 0.25) is 0 Å². The minimum Gasteiger partial charge on any atom is -0.396 e. The van der Waals surface area contributed by atoms with Crippen molar-refractivity contribution in [2.45, 2.75) is 34.1 Å². The molecule has 0 saturated carbocycles. The van der Waals surface area contributed by atoms with Gasteiger partial charge in [-0.2, -0.15) is 0 Å². The molecule has 1 aromatic heterocycles. The number of hydrogen-bond donors (Lipinski definition) is 2. The summed E-state index contributed by atoms with van der Waals surface area (Å²) in [5.41, 5.74) is 1.62. The molecule has 0 aliphatic heterocycles. The van der Waals surface area contributed by atoms with Gasteiger partial charge in [-0.25, -0.2) is 4.79 Å². The van der Waals surface area contributed by atoms with Crippen molar-refractivity contribution < 1.29 is 9.90 Å². The summed E-state index contributed by atoms with van der Waals surface area (Å²) in [7, 11) is 0. The number of carbonyl (C=O) groups excluding carboxylic acids is 1. The van der Waals surface area contributed by atoms with Gasteiger partial charge in [0.05, 0.1) is 0 Å². The lowest BCUT2D eigenvalue weighted by Crippen LogP contribution is -2.41. The Balaban J connectivity index is 2.71. The molecule has 0 unspecified atom stereocenters. The van der Waals surface area contributed by atoms with Gasteiger partial charge in [-0.1, -0.05) is 20.8 Å². The highest BCUT2D eigenvalue weighted by Crippen LogP contribution is 2.17. The second-order valence-electron chi connectivity index (χ2n) is 6.18. The zero-order valence-corrected chi connectivity index (χ0v) is 12.8. The first-order valence-electron chi connectivity index (χ1n) is 6.91. The number of carbonyl (C=O) groups is 1. The monoisotopic (exact) mass is 279 g/mol. The summed E-state index contributed by atoms with van der Waals surface area (Å²) in [5, 5.41) is 11.8. The number of anilines is 1. The number of urea groups is 1. The van der Waals surface area contributed by atoms with Gasteiger partial charge >= 0.3 is 6.03 Å². The third-order valence-corrected chi connectivity index (χ3v) is 2.69. The number of aliphatic hydroxyl groups excluding tert-OH is 1. The number of aromatic nitrogens is 1. The summed E-state index contributed by atoms with van der Waals surface area (Å²) in [6.45, 7) is 9.41. The van der Waals surface area contributed by atoms with Gasteiger partial charge in [0, 0.05) is 37.3 Å². The molecule has 0 fully saturated rings. The van der Waals surface area contributed by atoms with Gasteiger partial charge in [-0.15, -0.1) is 0 Å². The zero-order chi connectivity index (χ0) is 15.2. The van der Waals surface area contributed by atoms with Gasteiger partial charge in [0.15, 0.2) is 0 Å². The van der Waals surface area contributed by atoms with Crippen LogP contribution in [0, 0.1) is 12.3 Å². The van der Waals surface area contributed by atoms with E-state index in [1.54, 1.807) is 17.2 Å². The fraction of sp³-hybridized carbons (Fsp3) is 0.600. The molecule has 0 spiro atoms. The second-order valence-corrected chi connectivity index (χ2v) is 6.18. The molecule has 0 aliphatic rings. The molecule has 1 rings (SSSR count). The Morgan fingerprint density at radius 1 is 1.45 bits per heavy atom. The molecule has 2 N–H and O–H groups in total. The molecule has 1 heterocycles. The van der Waals surface area contributed by atoms with Crippen LogP contribution in [-0.2, 0) is 0 Å². The molecule has 0 aliphatic carbocycles. The number of nitrogens with zero attached hydrogens (tertiary/aromatic N) is 2. The normalized spacial score (nSPS) is 11.2. The lowest BCUT2D eigenvalue weighted by atomic mass is 9.96. The largest absolute Gasteiger partial charge is 0.396 e. The maximum Gasteiger partial charge on any atom is 0.321 e. The fourth-order valence-electron chi connectivity index (χ4n) is 1.91. The molecular weight excluding hydrogens is 254 g/mol. The van der Waals surface area contributed by atoms with Crippen LogP contribution in [0.5, 0.6) is 0 Å². The van der Waals surface area contributed by atoms with Crippen molar-refractivity contribution in [2.24, 2.45) is 5.41 Å². The average Bonchev–Trinajstić information content (AvgIpc) is 2.33. The van der Waals surface area contributed by atoms with Crippen LogP contribution in [0.25, 0.3) is 0 Å². The minimum absolute atomic E-state index is 0.0148. The zero-order valence-electron chi connectivity index (χ0n) is 12.8. The number of nitrogens with one attached hydrogen (secondary N) is 1. The van der Waals surface area contributed by atoms with E-state index in [4.69, 9.17) is 5.11 Å². The molecule has 112 valence electrons. The molecule has 20 heavy (non-hydrogen) atoms. The number of aryl methyl sites for hydroxylation is 1. The quantitative estimate of drug-likeness (QED) is 0.871. The van der Waals surface area contributed by atoms with E-state index < -0.39 is 0 Å². The molecule has 0 aromatic carbocycles. The summed E-state index contributed by atoms with van der Waals surface area (Å²) >= 11 is 0. The van der Waals surface area contributed by atoms with Gasteiger partial charge in [-0.05, 0) is 30.9 Å². The van der Waals surface area contributed by atoms with Crippen molar-refractivity contribution in [3.8, 4) is 0 Å². The topological polar surface area (TPSA) is 65.5 Å². The predicted octanol–water partition coefficient (Wildman–Crippen LogP) is 2.65. The maximum atomic E-state index is 12.3. The van der Waals surface area contributed by atoms with Crippen molar-refractivity contribution in [3.05, 3.63) is 24.0 Å². The molecule has 0 saturated heterocycles. The Morgan fingerprint density at radius 2 is 2.15 bits per heavy atom. The SMILES string of the molecule is Cc1cc(NC(=O)N(CCCO)CC(C)(C)C)ccn1. The van der Waals surface area contributed by atoms with Crippen LogP contribution in [0.4, 0.5) is 10.5 Å². The standard InChI is InChI=1S/C15H25N3O2/c1-12-10-13(6-7-16-12)17-14(20)18(8-5-9-19)11-15(2,3)4/h6-7,10,19H,5,8-9,11H2,1-4H3,(H,16,17,20). The predicted molar refractivity (Wildman–Crippen MR) is 80.7 cm³/mol. The first-order valence-corrected chi connectivity index (χ1v) is 6.91. The highest BCUT2D eigenvalue weighted by Gasteiger charge is 2.20. The van der Waals surface area contributed by atoms with Crippen LogP contribution in [-0.4, -0.2) is 40.7 Å². The molecule has 0 radical (unpaired) electrons. The van der Waals surface area contributed by atoms with Crippen LogP contribution < -0.4 is 5.32 Å². The van der Waals surface area contributed by atoms with Crippen LogP contribution in [0.1, 0.15) is 32.9 Å². The van der Waals surface area contributed by atoms with Gasteiger partial charge in [0.25, 0.3) is 0 Å². The molecule has 5 nitrogen and oxygen atoms in total. The average molecular weight is 279 g/mol. The van der Waals surface area contributed by atoms with E-state index >= 15 is 0 Å². The minimum atomic E-state index is -0.140. The molecule has 1 aromatic rings. The molecule has 0 bridgehead atoms. The van der Waals surface area contributed by atoms with Crippen molar-refractivity contribution in [3.63, 3.8) is 0 Å². The lowest BCUT2D eigenvalue weighted by molar-refractivity contribution is 0.176. The third-order valence-electron chi connectivity index (χ3n) is 2.69. The third kappa shape index (κ3) is 6.02. The van der Waals surface area contributed by atoms with E-state index in [-0.39, 0.29) is 18.1 Å². The first-order chi connectivity index (χ1) is 9.31. The Hall–Kier alpha value is -1.62. The number of amides is 2. The molecule has 2 amide bonds. The van der Waals surface area contributed by atoms with Gasteiger partial charge in [-0.3, -0.25) is 4.98 Å². The number of aliphatic hydroxyl groups is 1. The van der Waals surface area contributed by atoms with Gasteiger partial charge in [0.1, 0.15) is 0 Å². The van der Waals surface area contributed by atoms with Crippen molar-refractivity contribution >= 4 is 11.7 Å². The second kappa shape index (κ2) is 7.24. The highest BCUT2D eigenvalue weighted by atomic mass is 16.3. The summed E-state index contributed by atoms with van der Waals surface area (Å²) in [6.07, 6.45) is 2.26. The smallest absolute Gasteiger partial charge is 0.321 e. The Kier molecular flexibility index (Phi) is 5.95. The summed E-state index contributed by atoms with van der Waals surface area (Å²) in [6, 6.07) is 3.46. The van der Waals surface area contributed by atoms with E-state index in [9.17, 15) is 4.79 Å². The summed E-state index contributed by atoms with van der Waals surface area (Å²) in [4.78, 5) is 18.2. The number of hydrogen-bond acceptors (Lipinski definition) is 3. The highest BCUT2D eigenvalue weighted by molar-refractivity contribution is 5.89. The van der Waals surface area contributed by atoms with Crippen LogP contribution >= 0.6 is 0 Å². The summed E-state index contributed by atoms with van der Waals surface area (Å²) in [5.74, 6) is 0. The Bertz CT molecular complexity index is 441. The van der Waals surface area contributed by atoms with Gasteiger partial charge < -0.3 is 15.3 Å².